The quantitative estimate of drug-likeness (QED) is 0.654. The third-order valence-electron chi connectivity index (χ3n) is 5.10. The minimum Gasteiger partial charge on any atom is -0.465 e. The van der Waals surface area contributed by atoms with Crippen LogP contribution in [0.1, 0.15) is 13.3 Å². The second-order valence-electron chi connectivity index (χ2n) is 7.21. The van der Waals surface area contributed by atoms with E-state index in [1.54, 1.807) is 19.1 Å². The molecule has 2 aromatic rings. The molecule has 1 saturated heterocycles. The summed E-state index contributed by atoms with van der Waals surface area (Å²) < 4.78 is 18.2. The number of hydrogen-bond acceptors (Lipinski definition) is 5. The van der Waals surface area contributed by atoms with Gasteiger partial charge in [0.25, 0.3) is 0 Å². The van der Waals surface area contributed by atoms with E-state index in [-0.39, 0.29) is 31.4 Å². The number of esters is 1. The number of anilines is 2. The number of nitrogens with zero attached hydrogens (tertiary/aromatic N) is 3. The highest BCUT2D eigenvalue weighted by molar-refractivity contribution is 5.98. The maximum Gasteiger partial charge on any atom is 0.326 e. The molecule has 0 bridgehead atoms. The van der Waals surface area contributed by atoms with E-state index in [1.165, 1.54) is 17.0 Å². The van der Waals surface area contributed by atoms with Crippen LogP contribution in [0.2, 0.25) is 0 Å². The number of halogens is 1. The summed E-state index contributed by atoms with van der Waals surface area (Å²) in [6.07, 6.45) is 0.897. The van der Waals surface area contributed by atoms with E-state index in [0.29, 0.717) is 12.2 Å². The van der Waals surface area contributed by atoms with E-state index >= 15 is 0 Å². The first-order valence-corrected chi connectivity index (χ1v) is 10.3. The smallest absolute Gasteiger partial charge is 0.326 e. The summed E-state index contributed by atoms with van der Waals surface area (Å²) >= 11 is 0. The molecule has 6 nitrogen and oxygen atoms in total. The zero-order valence-electron chi connectivity index (χ0n) is 17.3. The average Bonchev–Trinajstić information content (AvgIpc) is 2.99. The van der Waals surface area contributed by atoms with Crippen molar-refractivity contribution < 1.29 is 18.7 Å². The number of ether oxygens (including phenoxy) is 1. The van der Waals surface area contributed by atoms with Gasteiger partial charge in [-0.25, -0.2) is 4.39 Å². The number of para-hydroxylation sites is 1. The fourth-order valence-electron chi connectivity index (χ4n) is 3.58. The number of carbonyl (C=O) groups excluding carboxylic acids is 2. The molecule has 1 aliphatic rings. The van der Waals surface area contributed by atoms with Crippen LogP contribution >= 0.6 is 0 Å². The van der Waals surface area contributed by atoms with Crippen molar-refractivity contribution in [2.45, 2.75) is 13.3 Å². The zero-order valence-corrected chi connectivity index (χ0v) is 17.3. The maximum atomic E-state index is 13.2. The van der Waals surface area contributed by atoms with Crippen LogP contribution in [0.25, 0.3) is 0 Å². The van der Waals surface area contributed by atoms with Gasteiger partial charge in [0.1, 0.15) is 12.4 Å². The van der Waals surface area contributed by atoms with Crippen LogP contribution in [0, 0.1) is 5.82 Å². The minimum absolute atomic E-state index is 0.105. The molecule has 0 atom stereocenters. The van der Waals surface area contributed by atoms with E-state index in [2.05, 4.69) is 9.80 Å². The van der Waals surface area contributed by atoms with Gasteiger partial charge in [-0.15, -0.1) is 0 Å². The molecular formula is C23H28FN3O3. The Bertz CT molecular complexity index is 829. The molecule has 1 amide bonds. The summed E-state index contributed by atoms with van der Waals surface area (Å²) in [5.74, 6) is -0.805. The number of benzene rings is 2. The van der Waals surface area contributed by atoms with Gasteiger partial charge in [-0.3, -0.25) is 14.5 Å². The molecule has 0 N–H and O–H groups in total. The molecule has 0 saturated carbocycles. The Balaban J connectivity index is 1.63. The van der Waals surface area contributed by atoms with Crippen LogP contribution in [-0.4, -0.2) is 62.7 Å². The first-order chi connectivity index (χ1) is 14.6. The van der Waals surface area contributed by atoms with Crippen molar-refractivity contribution in [3.63, 3.8) is 0 Å². The lowest BCUT2D eigenvalue weighted by atomic mass is 10.2. The Morgan fingerprint density at radius 2 is 1.73 bits per heavy atom. The Kier molecular flexibility index (Phi) is 7.79. The van der Waals surface area contributed by atoms with Crippen molar-refractivity contribution in [2.75, 3.05) is 55.7 Å². The van der Waals surface area contributed by atoms with Crippen LogP contribution < -0.4 is 9.80 Å². The average molecular weight is 413 g/mol. The molecular weight excluding hydrogens is 385 g/mol. The van der Waals surface area contributed by atoms with Gasteiger partial charge in [0.2, 0.25) is 5.91 Å². The van der Waals surface area contributed by atoms with Crippen LogP contribution in [0.5, 0.6) is 0 Å². The third kappa shape index (κ3) is 6.03. The largest absolute Gasteiger partial charge is 0.465 e. The lowest BCUT2D eigenvalue weighted by molar-refractivity contribution is -0.142. The van der Waals surface area contributed by atoms with Gasteiger partial charge in [-0.1, -0.05) is 18.2 Å². The fourth-order valence-corrected chi connectivity index (χ4v) is 3.58. The fraction of sp³-hybridized carbons (Fsp3) is 0.391. The lowest BCUT2D eigenvalue weighted by Gasteiger charge is -2.26. The molecule has 30 heavy (non-hydrogen) atoms. The SMILES string of the molecule is CCOC(=O)CN(C(=O)CN1CCCN(c2ccc(F)cc2)CC1)c1ccccc1. The summed E-state index contributed by atoms with van der Waals surface area (Å²) in [7, 11) is 0. The Labute approximate surface area is 176 Å². The first-order valence-electron chi connectivity index (χ1n) is 10.3. The van der Waals surface area contributed by atoms with E-state index < -0.39 is 5.97 Å². The van der Waals surface area contributed by atoms with Crippen molar-refractivity contribution in [3.05, 3.63) is 60.4 Å². The Hall–Kier alpha value is -2.93. The number of amides is 1. The molecule has 3 rings (SSSR count). The molecule has 0 aromatic heterocycles. The second-order valence-corrected chi connectivity index (χ2v) is 7.21. The molecule has 0 aliphatic carbocycles. The van der Waals surface area contributed by atoms with Crippen molar-refractivity contribution in [1.82, 2.24) is 4.90 Å². The number of carbonyl (C=O) groups is 2. The highest BCUT2D eigenvalue weighted by atomic mass is 19.1. The highest BCUT2D eigenvalue weighted by Crippen LogP contribution is 2.18. The van der Waals surface area contributed by atoms with E-state index in [0.717, 1.165) is 31.7 Å². The molecule has 1 fully saturated rings. The number of rotatable bonds is 7. The molecule has 1 aliphatic heterocycles. The van der Waals surface area contributed by atoms with Gasteiger partial charge in [0.05, 0.1) is 13.2 Å². The van der Waals surface area contributed by atoms with Gasteiger partial charge in [0, 0.05) is 37.6 Å². The standard InChI is InChI=1S/C23H28FN3O3/c1-2-30-23(29)18-27(21-7-4-3-5-8-21)22(28)17-25-13-6-14-26(16-15-25)20-11-9-19(24)10-12-20/h3-5,7-12H,2,6,13-18H2,1H3. The maximum absolute atomic E-state index is 13.2. The summed E-state index contributed by atoms with van der Waals surface area (Å²) in [5, 5.41) is 0. The normalized spacial score (nSPS) is 14.8. The second kappa shape index (κ2) is 10.7. The van der Waals surface area contributed by atoms with Crippen molar-refractivity contribution in [1.29, 1.82) is 0 Å². The monoisotopic (exact) mass is 413 g/mol. The molecule has 2 aromatic carbocycles. The van der Waals surface area contributed by atoms with Crippen LogP contribution in [0.4, 0.5) is 15.8 Å². The van der Waals surface area contributed by atoms with E-state index in [9.17, 15) is 14.0 Å². The van der Waals surface area contributed by atoms with Crippen molar-refractivity contribution >= 4 is 23.3 Å². The van der Waals surface area contributed by atoms with Gasteiger partial charge in [0.15, 0.2) is 0 Å². The zero-order chi connectivity index (χ0) is 21.3. The molecule has 0 radical (unpaired) electrons. The molecule has 7 heteroatoms. The first kappa shape index (κ1) is 21.8. The predicted molar refractivity (Wildman–Crippen MR) is 115 cm³/mol. The van der Waals surface area contributed by atoms with E-state index in [1.807, 2.05) is 30.3 Å². The summed E-state index contributed by atoms with van der Waals surface area (Å²) in [6, 6.07) is 15.7. The van der Waals surface area contributed by atoms with Crippen molar-refractivity contribution in [2.24, 2.45) is 0 Å². The summed E-state index contributed by atoms with van der Waals surface area (Å²) in [6.45, 7) is 5.25. The molecule has 1 heterocycles. The molecule has 0 spiro atoms. The number of hydrogen-bond donors (Lipinski definition) is 0. The molecule has 0 unspecified atom stereocenters. The predicted octanol–water partition coefficient (Wildman–Crippen LogP) is 2.93. The molecule has 160 valence electrons. The van der Waals surface area contributed by atoms with Gasteiger partial charge in [-0.2, -0.15) is 0 Å². The topological polar surface area (TPSA) is 53.1 Å². The summed E-state index contributed by atoms with van der Waals surface area (Å²) in [5.41, 5.74) is 1.66. The third-order valence-corrected chi connectivity index (χ3v) is 5.10. The summed E-state index contributed by atoms with van der Waals surface area (Å²) in [4.78, 5) is 30.9. The van der Waals surface area contributed by atoms with Gasteiger partial charge < -0.3 is 14.5 Å². The van der Waals surface area contributed by atoms with Gasteiger partial charge in [-0.05, 0) is 49.7 Å². The van der Waals surface area contributed by atoms with Crippen LogP contribution in [0.15, 0.2) is 54.6 Å². The Morgan fingerprint density at radius 1 is 1.00 bits per heavy atom. The minimum atomic E-state index is -0.423. The van der Waals surface area contributed by atoms with Crippen LogP contribution in [0.3, 0.4) is 0 Å². The van der Waals surface area contributed by atoms with E-state index in [4.69, 9.17) is 4.74 Å². The Morgan fingerprint density at radius 3 is 2.43 bits per heavy atom. The van der Waals surface area contributed by atoms with Crippen molar-refractivity contribution in [3.8, 4) is 0 Å². The highest BCUT2D eigenvalue weighted by Gasteiger charge is 2.23. The van der Waals surface area contributed by atoms with Crippen LogP contribution in [-0.2, 0) is 14.3 Å². The lowest BCUT2D eigenvalue weighted by Crippen LogP contribution is -2.44. The van der Waals surface area contributed by atoms with Gasteiger partial charge >= 0.3 is 5.97 Å².